The Morgan fingerprint density at radius 1 is 1.12 bits per heavy atom. The maximum atomic E-state index is 10.7. The zero-order valence-electron chi connectivity index (χ0n) is 12.6. The van der Waals surface area contributed by atoms with Crippen LogP contribution in [0.4, 0.5) is 11.8 Å². The maximum absolute atomic E-state index is 10.7. The summed E-state index contributed by atoms with van der Waals surface area (Å²) < 4.78 is 5.27. The molecule has 0 aliphatic carbocycles. The van der Waals surface area contributed by atoms with Gasteiger partial charge in [0.05, 0.1) is 24.2 Å². The van der Waals surface area contributed by atoms with Crippen LogP contribution in [0.3, 0.4) is 0 Å². The van der Waals surface area contributed by atoms with Crippen LogP contribution in [0.15, 0.2) is 53.3 Å². The molecular weight excluding hydrogens is 310 g/mol. The van der Waals surface area contributed by atoms with E-state index in [9.17, 15) is 4.79 Å². The Morgan fingerprint density at radius 3 is 2.75 bits per heavy atom. The van der Waals surface area contributed by atoms with Crippen LogP contribution in [0.25, 0.3) is 11.4 Å². The molecule has 0 spiro atoms. The smallest absolute Gasteiger partial charge is 0.322 e. The number of furan rings is 1. The second kappa shape index (κ2) is 7.23. The minimum Gasteiger partial charge on any atom is -0.480 e. The second-order valence-corrected chi connectivity index (χ2v) is 4.86. The summed E-state index contributed by atoms with van der Waals surface area (Å²) in [6.07, 6.45) is 3.26. The zero-order valence-corrected chi connectivity index (χ0v) is 12.6. The van der Waals surface area contributed by atoms with Gasteiger partial charge in [-0.25, -0.2) is 4.98 Å². The van der Waals surface area contributed by atoms with Crippen molar-refractivity contribution in [3.8, 4) is 11.4 Å². The van der Waals surface area contributed by atoms with E-state index in [1.807, 2.05) is 24.3 Å². The van der Waals surface area contributed by atoms with Crippen molar-refractivity contribution in [2.24, 2.45) is 0 Å². The molecule has 24 heavy (non-hydrogen) atoms. The van der Waals surface area contributed by atoms with Gasteiger partial charge in [0.1, 0.15) is 18.1 Å². The number of rotatable bonds is 7. The van der Waals surface area contributed by atoms with Gasteiger partial charge in [-0.15, -0.1) is 0 Å². The van der Waals surface area contributed by atoms with Crippen LogP contribution in [-0.2, 0) is 11.3 Å². The molecule has 0 saturated carbocycles. The van der Waals surface area contributed by atoms with E-state index in [4.69, 9.17) is 9.52 Å². The van der Waals surface area contributed by atoms with Gasteiger partial charge in [0.15, 0.2) is 0 Å². The summed E-state index contributed by atoms with van der Waals surface area (Å²) in [5.41, 5.74) is 1.25. The minimum absolute atomic E-state index is 0.211. The number of pyridine rings is 1. The van der Waals surface area contributed by atoms with Crippen LogP contribution in [-0.4, -0.2) is 32.6 Å². The van der Waals surface area contributed by atoms with Crippen LogP contribution in [0.1, 0.15) is 5.76 Å². The first kappa shape index (κ1) is 15.5. The molecule has 3 N–H and O–H groups in total. The number of carboxylic acid groups (broad SMARTS) is 1. The van der Waals surface area contributed by atoms with Crippen molar-refractivity contribution in [2.45, 2.75) is 6.54 Å². The molecule has 3 rings (SSSR count). The van der Waals surface area contributed by atoms with Crippen LogP contribution in [0.5, 0.6) is 0 Å². The van der Waals surface area contributed by atoms with Gasteiger partial charge in [-0.3, -0.25) is 9.78 Å². The highest BCUT2D eigenvalue weighted by molar-refractivity contribution is 5.72. The summed E-state index contributed by atoms with van der Waals surface area (Å²) in [6, 6.07) is 10.9. The van der Waals surface area contributed by atoms with E-state index in [2.05, 4.69) is 25.6 Å². The predicted molar refractivity (Wildman–Crippen MR) is 87.4 cm³/mol. The highest BCUT2D eigenvalue weighted by atomic mass is 16.4. The summed E-state index contributed by atoms with van der Waals surface area (Å²) in [4.78, 5) is 23.6. The van der Waals surface area contributed by atoms with Crippen LogP contribution < -0.4 is 10.6 Å². The van der Waals surface area contributed by atoms with E-state index in [-0.39, 0.29) is 12.5 Å². The molecule has 0 saturated heterocycles. The van der Waals surface area contributed by atoms with Gasteiger partial charge < -0.3 is 20.2 Å². The number of nitrogens with one attached hydrogen (secondary N) is 2. The lowest BCUT2D eigenvalue weighted by molar-refractivity contribution is -0.134. The molecule has 0 unspecified atom stereocenters. The van der Waals surface area contributed by atoms with Crippen molar-refractivity contribution in [2.75, 3.05) is 17.2 Å². The lowest BCUT2D eigenvalue weighted by atomic mass is 10.2. The van der Waals surface area contributed by atoms with Crippen molar-refractivity contribution in [3.63, 3.8) is 0 Å². The predicted octanol–water partition coefficient (Wildman–Crippen LogP) is 2.24. The van der Waals surface area contributed by atoms with Crippen LogP contribution in [0, 0.1) is 0 Å². The van der Waals surface area contributed by atoms with Crippen molar-refractivity contribution < 1.29 is 14.3 Å². The molecule has 0 aliphatic rings. The first-order chi connectivity index (χ1) is 11.7. The van der Waals surface area contributed by atoms with Crippen LogP contribution >= 0.6 is 0 Å². The Balaban J connectivity index is 1.85. The van der Waals surface area contributed by atoms with E-state index in [0.29, 0.717) is 23.8 Å². The Hall–Kier alpha value is -3.42. The zero-order chi connectivity index (χ0) is 16.8. The van der Waals surface area contributed by atoms with Crippen molar-refractivity contribution >= 4 is 17.7 Å². The van der Waals surface area contributed by atoms with Gasteiger partial charge in [-0.05, 0) is 24.3 Å². The molecule has 122 valence electrons. The lowest BCUT2D eigenvalue weighted by Gasteiger charge is -2.09. The second-order valence-electron chi connectivity index (χ2n) is 4.86. The highest BCUT2D eigenvalue weighted by Gasteiger charge is 2.09. The number of carbonyl (C=O) groups is 1. The number of anilines is 2. The Bertz CT molecular complexity index is 806. The molecule has 8 nitrogen and oxygen atoms in total. The summed E-state index contributed by atoms with van der Waals surface area (Å²) in [5, 5.41) is 14.6. The number of aliphatic carboxylic acids is 1. The highest BCUT2D eigenvalue weighted by Crippen LogP contribution is 2.20. The Kier molecular flexibility index (Phi) is 4.66. The molecular formula is C16H15N5O3. The van der Waals surface area contributed by atoms with E-state index in [1.165, 1.54) is 0 Å². The fraction of sp³-hybridized carbons (Fsp3) is 0.125. The SMILES string of the molecule is O=C(O)CNc1nc(NCc2ccco2)cc(-c2ccccn2)n1. The Labute approximate surface area is 137 Å². The molecule has 8 heteroatoms. The molecule has 3 aromatic rings. The average molecular weight is 325 g/mol. The normalized spacial score (nSPS) is 10.3. The van der Waals surface area contributed by atoms with Crippen LogP contribution in [0.2, 0.25) is 0 Å². The molecule has 3 aromatic heterocycles. The summed E-state index contributed by atoms with van der Waals surface area (Å²) in [6.45, 7) is 0.174. The van der Waals surface area contributed by atoms with E-state index in [0.717, 1.165) is 5.76 Å². The van der Waals surface area contributed by atoms with E-state index >= 15 is 0 Å². The van der Waals surface area contributed by atoms with Gasteiger partial charge >= 0.3 is 5.97 Å². The molecule has 0 aromatic carbocycles. The van der Waals surface area contributed by atoms with Crippen molar-refractivity contribution in [1.82, 2.24) is 15.0 Å². The number of carboxylic acids is 1. The monoisotopic (exact) mass is 325 g/mol. The van der Waals surface area contributed by atoms with Crippen molar-refractivity contribution in [1.29, 1.82) is 0 Å². The van der Waals surface area contributed by atoms with E-state index < -0.39 is 5.97 Å². The van der Waals surface area contributed by atoms with Gasteiger partial charge in [-0.2, -0.15) is 4.98 Å². The largest absolute Gasteiger partial charge is 0.480 e. The van der Waals surface area contributed by atoms with Gasteiger partial charge in [0.2, 0.25) is 5.95 Å². The number of hydrogen-bond donors (Lipinski definition) is 3. The number of hydrogen-bond acceptors (Lipinski definition) is 7. The molecule has 3 heterocycles. The summed E-state index contributed by atoms with van der Waals surface area (Å²) in [5.74, 6) is 0.511. The topological polar surface area (TPSA) is 113 Å². The molecule has 0 radical (unpaired) electrons. The summed E-state index contributed by atoms with van der Waals surface area (Å²) >= 11 is 0. The van der Waals surface area contributed by atoms with E-state index in [1.54, 1.807) is 24.6 Å². The first-order valence-corrected chi connectivity index (χ1v) is 7.23. The molecule has 0 fully saturated rings. The molecule has 0 aliphatic heterocycles. The molecule has 0 amide bonds. The molecule has 0 atom stereocenters. The number of aromatic nitrogens is 3. The minimum atomic E-state index is -0.994. The van der Waals surface area contributed by atoms with Gasteiger partial charge in [0, 0.05) is 12.3 Å². The number of nitrogens with zero attached hydrogens (tertiary/aromatic N) is 3. The third-order valence-electron chi connectivity index (χ3n) is 3.08. The third kappa shape index (κ3) is 4.07. The average Bonchev–Trinajstić information content (AvgIpc) is 3.12. The summed E-state index contributed by atoms with van der Waals surface area (Å²) in [7, 11) is 0. The third-order valence-corrected chi connectivity index (χ3v) is 3.08. The first-order valence-electron chi connectivity index (χ1n) is 7.23. The fourth-order valence-corrected chi connectivity index (χ4v) is 2.01. The van der Waals surface area contributed by atoms with Crippen molar-refractivity contribution in [3.05, 3.63) is 54.6 Å². The van der Waals surface area contributed by atoms with Gasteiger partial charge in [-0.1, -0.05) is 6.07 Å². The molecule has 0 bridgehead atoms. The standard InChI is InChI=1S/C16H15N5O3/c22-15(23)10-19-16-20-13(12-5-1-2-6-17-12)8-14(21-16)18-9-11-4-3-7-24-11/h1-8H,9-10H2,(H,22,23)(H2,18,19,20,21). The van der Waals surface area contributed by atoms with Gasteiger partial charge in [0.25, 0.3) is 0 Å². The lowest BCUT2D eigenvalue weighted by Crippen LogP contribution is -2.15. The quantitative estimate of drug-likeness (QED) is 0.606. The Morgan fingerprint density at radius 2 is 2.04 bits per heavy atom. The maximum Gasteiger partial charge on any atom is 0.322 e. The fourth-order valence-electron chi connectivity index (χ4n) is 2.01.